The number of nitrogens with zero attached hydrogens (tertiary/aromatic N) is 2. The number of sulfonamides is 1. The molecule has 0 atom stereocenters. The number of benzene rings is 1. The molecular weight excluding hydrogens is 470 g/mol. The highest BCUT2D eigenvalue weighted by Gasteiger charge is 2.25. The van der Waals surface area contributed by atoms with Gasteiger partial charge in [0.2, 0.25) is 10.0 Å². The van der Waals surface area contributed by atoms with Crippen LogP contribution in [0, 0.1) is 13.8 Å². The molecule has 0 amide bonds. The van der Waals surface area contributed by atoms with E-state index < -0.39 is 16.0 Å². The van der Waals surface area contributed by atoms with Gasteiger partial charge in [-0.2, -0.15) is 0 Å². The molecule has 1 saturated carbocycles. The van der Waals surface area contributed by atoms with Crippen LogP contribution in [0.3, 0.4) is 0 Å². The molecule has 10 nitrogen and oxygen atoms in total. The number of rotatable bonds is 5. The number of anilines is 1. The zero-order valence-electron chi connectivity index (χ0n) is 20.0. The predicted molar refractivity (Wildman–Crippen MR) is 133 cm³/mol. The molecule has 2 heterocycles. The molecule has 2 aromatic heterocycles. The van der Waals surface area contributed by atoms with Crippen LogP contribution in [0.25, 0.3) is 22.5 Å². The van der Waals surface area contributed by atoms with E-state index >= 15 is 0 Å². The summed E-state index contributed by atoms with van der Waals surface area (Å²) < 4.78 is 34.2. The molecule has 0 radical (unpaired) electrons. The molecule has 11 heteroatoms. The van der Waals surface area contributed by atoms with E-state index in [2.05, 4.69) is 14.9 Å². The van der Waals surface area contributed by atoms with Gasteiger partial charge in [-0.05, 0) is 68.9 Å². The molecular formula is C24H31N5O5S. The van der Waals surface area contributed by atoms with E-state index in [4.69, 9.17) is 25.9 Å². The second kappa shape index (κ2) is 11.0. The van der Waals surface area contributed by atoms with Gasteiger partial charge in [-0.25, -0.2) is 18.1 Å². The predicted octanol–water partition coefficient (Wildman–Crippen LogP) is 3.24. The Morgan fingerprint density at radius 2 is 1.77 bits per heavy atom. The number of aromatic nitrogens is 2. The van der Waals surface area contributed by atoms with Crippen molar-refractivity contribution in [1.29, 1.82) is 0 Å². The second-order valence-electron chi connectivity index (χ2n) is 8.72. The lowest BCUT2D eigenvalue weighted by Gasteiger charge is -2.26. The highest BCUT2D eigenvalue weighted by Crippen LogP contribution is 2.32. The Hall–Kier alpha value is -3.28. The van der Waals surface area contributed by atoms with Gasteiger partial charge in [-0.3, -0.25) is 4.79 Å². The van der Waals surface area contributed by atoms with Gasteiger partial charge in [0.1, 0.15) is 5.82 Å². The van der Waals surface area contributed by atoms with E-state index in [1.807, 2.05) is 19.9 Å². The van der Waals surface area contributed by atoms with Crippen LogP contribution in [0.1, 0.15) is 43.9 Å². The van der Waals surface area contributed by atoms with E-state index in [0.29, 0.717) is 17.1 Å². The molecule has 0 spiro atoms. The van der Waals surface area contributed by atoms with Crippen molar-refractivity contribution in [2.45, 2.75) is 63.4 Å². The number of carbonyl (C=O) groups is 1. The summed E-state index contributed by atoms with van der Waals surface area (Å²) in [7, 11) is -3.66. The standard InChI is InChI=1S/C22H27N5O3S.C2H4O2/c1-13-3-8-18(31(28,29)27-17-6-4-16(23)5-7-17)11-19(13)15-10-20(22(24)25-12-15)21-9-14(2)26-30-21;1-2(3)4/h3,8-12,16-17,27H,4-7,23H2,1-2H3,(H2,24,25);1H3,(H,3,4)/t16-,17-;. The van der Waals surface area contributed by atoms with Crippen molar-refractivity contribution in [1.82, 2.24) is 14.9 Å². The number of pyridine rings is 1. The van der Waals surface area contributed by atoms with Crippen molar-refractivity contribution in [3.05, 3.63) is 47.8 Å². The second-order valence-corrected chi connectivity index (χ2v) is 10.4. The first-order valence-corrected chi connectivity index (χ1v) is 12.7. The summed E-state index contributed by atoms with van der Waals surface area (Å²) in [4.78, 5) is 13.5. The van der Waals surface area contributed by atoms with E-state index in [1.54, 1.807) is 30.5 Å². The molecule has 1 aromatic carbocycles. The monoisotopic (exact) mass is 501 g/mol. The summed E-state index contributed by atoms with van der Waals surface area (Å²) in [5.41, 5.74) is 15.8. The molecule has 0 aliphatic heterocycles. The van der Waals surface area contributed by atoms with Gasteiger partial charge in [-0.1, -0.05) is 11.2 Å². The maximum atomic E-state index is 13.0. The molecule has 0 saturated heterocycles. The van der Waals surface area contributed by atoms with Crippen LogP contribution in [-0.4, -0.2) is 41.7 Å². The number of hydrogen-bond donors (Lipinski definition) is 4. The van der Waals surface area contributed by atoms with Crippen LogP contribution in [0.5, 0.6) is 0 Å². The van der Waals surface area contributed by atoms with Crippen molar-refractivity contribution in [2.75, 3.05) is 5.73 Å². The number of nitrogen functional groups attached to an aromatic ring is 1. The summed E-state index contributed by atoms with van der Waals surface area (Å²) in [6.07, 6.45) is 4.79. The fraction of sp³-hybridized carbons (Fsp3) is 0.375. The van der Waals surface area contributed by atoms with Gasteiger partial charge < -0.3 is 21.1 Å². The molecule has 188 valence electrons. The molecule has 35 heavy (non-hydrogen) atoms. The molecule has 1 aliphatic rings. The average Bonchev–Trinajstić information content (AvgIpc) is 3.21. The van der Waals surface area contributed by atoms with Crippen LogP contribution >= 0.6 is 0 Å². The minimum absolute atomic E-state index is 0.0889. The number of aliphatic carboxylic acids is 1. The fourth-order valence-electron chi connectivity index (χ4n) is 3.91. The van der Waals surface area contributed by atoms with E-state index in [-0.39, 0.29) is 17.0 Å². The molecule has 1 aliphatic carbocycles. The number of carboxylic acids is 1. The minimum Gasteiger partial charge on any atom is -0.481 e. The SMILES string of the molecule is CC(=O)O.Cc1cc(-c2cc(-c3cc(S(=O)(=O)N[C@H]4CC[C@H](N)CC4)ccc3C)cnc2N)on1. The van der Waals surface area contributed by atoms with Crippen molar-refractivity contribution < 1.29 is 22.8 Å². The first-order valence-electron chi connectivity index (χ1n) is 11.2. The Bertz CT molecular complexity index is 1290. The Labute approximate surface area is 204 Å². The largest absolute Gasteiger partial charge is 0.481 e. The normalized spacial score (nSPS) is 17.9. The smallest absolute Gasteiger partial charge is 0.300 e. The third-order valence-electron chi connectivity index (χ3n) is 5.74. The van der Waals surface area contributed by atoms with Gasteiger partial charge in [-0.15, -0.1) is 0 Å². The Morgan fingerprint density at radius 3 is 2.37 bits per heavy atom. The van der Waals surface area contributed by atoms with Crippen LogP contribution < -0.4 is 16.2 Å². The third kappa shape index (κ3) is 6.87. The first kappa shape index (κ1) is 26.3. The maximum Gasteiger partial charge on any atom is 0.300 e. The van der Waals surface area contributed by atoms with Crippen LogP contribution in [0.15, 0.2) is 45.9 Å². The highest BCUT2D eigenvalue weighted by atomic mass is 32.2. The molecule has 0 bridgehead atoms. The molecule has 6 N–H and O–H groups in total. The summed E-state index contributed by atoms with van der Waals surface area (Å²) in [6.45, 7) is 4.84. The number of nitrogens with two attached hydrogens (primary N) is 2. The lowest BCUT2D eigenvalue weighted by molar-refractivity contribution is -0.134. The Balaban J connectivity index is 0.000000795. The van der Waals surface area contributed by atoms with Crippen molar-refractivity contribution in [3.8, 4) is 22.5 Å². The number of carboxylic acid groups (broad SMARTS) is 1. The molecule has 4 rings (SSSR count). The van der Waals surface area contributed by atoms with Crippen molar-refractivity contribution in [2.24, 2.45) is 5.73 Å². The van der Waals surface area contributed by atoms with Crippen LogP contribution in [-0.2, 0) is 14.8 Å². The average molecular weight is 502 g/mol. The Kier molecular flexibility index (Phi) is 8.26. The molecule has 1 fully saturated rings. The van der Waals surface area contributed by atoms with Crippen LogP contribution in [0.2, 0.25) is 0 Å². The summed E-state index contributed by atoms with van der Waals surface area (Å²) in [5, 5.41) is 11.3. The minimum atomic E-state index is -3.66. The third-order valence-corrected chi connectivity index (χ3v) is 7.25. The quantitative estimate of drug-likeness (QED) is 0.409. The lowest BCUT2D eigenvalue weighted by Crippen LogP contribution is -2.40. The van der Waals surface area contributed by atoms with Gasteiger partial charge in [0.25, 0.3) is 5.97 Å². The summed E-state index contributed by atoms with van der Waals surface area (Å²) in [6, 6.07) is 8.80. The zero-order valence-corrected chi connectivity index (χ0v) is 20.8. The summed E-state index contributed by atoms with van der Waals surface area (Å²) >= 11 is 0. The zero-order chi connectivity index (χ0) is 25.8. The van der Waals surface area contributed by atoms with E-state index in [9.17, 15) is 8.42 Å². The van der Waals surface area contributed by atoms with E-state index in [0.717, 1.165) is 55.0 Å². The van der Waals surface area contributed by atoms with Crippen LogP contribution in [0.4, 0.5) is 5.82 Å². The van der Waals surface area contributed by atoms with Gasteiger partial charge in [0.05, 0.1) is 16.2 Å². The van der Waals surface area contributed by atoms with Gasteiger partial charge >= 0.3 is 0 Å². The van der Waals surface area contributed by atoms with Gasteiger partial charge in [0, 0.05) is 36.8 Å². The number of hydrogen-bond acceptors (Lipinski definition) is 8. The fourth-order valence-corrected chi connectivity index (χ4v) is 5.25. The number of nitrogens with one attached hydrogen (secondary N) is 1. The molecule has 3 aromatic rings. The first-order chi connectivity index (χ1) is 16.5. The lowest BCUT2D eigenvalue weighted by atomic mass is 9.93. The maximum absolute atomic E-state index is 13.0. The van der Waals surface area contributed by atoms with E-state index in [1.165, 1.54) is 0 Å². The Morgan fingerprint density at radius 1 is 1.11 bits per heavy atom. The molecule has 0 unspecified atom stereocenters. The van der Waals surface area contributed by atoms with Gasteiger partial charge in [0.15, 0.2) is 5.76 Å². The number of aryl methyl sites for hydroxylation is 2. The summed E-state index contributed by atoms with van der Waals surface area (Å²) in [5.74, 6) is 0.00135. The van der Waals surface area contributed by atoms with Crippen molar-refractivity contribution in [3.63, 3.8) is 0 Å². The topological polar surface area (TPSA) is 174 Å². The van der Waals surface area contributed by atoms with Crippen molar-refractivity contribution >= 4 is 21.8 Å². The highest BCUT2D eigenvalue weighted by molar-refractivity contribution is 7.89.